The fourth-order valence-electron chi connectivity index (χ4n) is 1.86. The topological polar surface area (TPSA) is 75.5 Å². The number of hydrogen-bond acceptors (Lipinski definition) is 4. The highest BCUT2D eigenvalue weighted by Gasteiger charge is 2.20. The minimum Gasteiger partial charge on any atom is -0.348 e. The van der Waals surface area contributed by atoms with Crippen LogP contribution >= 0.6 is 11.6 Å². The van der Waals surface area contributed by atoms with Crippen molar-refractivity contribution in [3.05, 3.63) is 38.9 Å². The second-order valence-corrected chi connectivity index (χ2v) is 5.91. The molecule has 0 saturated heterocycles. The van der Waals surface area contributed by atoms with E-state index in [1.807, 2.05) is 32.8 Å². The third kappa shape index (κ3) is 4.99. The molecule has 0 radical (unpaired) electrons. The molecule has 0 fully saturated rings. The fourth-order valence-corrected chi connectivity index (χ4v) is 2.12. The number of non-ortho nitro benzene ring substituents is 1. The summed E-state index contributed by atoms with van der Waals surface area (Å²) < 4.78 is 0. The average molecular weight is 314 g/mol. The monoisotopic (exact) mass is 313 g/mol. The van der Waals surface area contributed by atoms with Gasteiger partial charge in [-0.05, 0) is 26.1 Å². The van der Waals surface area contributed by atoms with Gasteiger partial charge in [0.05, 0.1) is 15.5 Å². The molecule has 1 unspecified atom stereocenters. The van der Waals surface area contributed by atoms with Crippen molar-refractivity contribution >= 4 is 23.2 Å². The Morgan fingerprint density at radius 3 is 2.48 bits per heavy atom. The maximum Gasteiger partial charge on any atom is 0.270 e. The van der Waals surface area contributed by atoms with E-state index >= 15 is 0 Å². The molecule has 1 aromatic rings. The molecule has 1 aromatic carbocycles. The van der Waals surface area contributed by atoms with Crippen molar-refractivity contribution in [2.75, 3.05) is 20.6 Å². The third-order valence-corrected chi connectivity index (χ3v) is 3.40. The number of rotatable bonds is 6. The van der Waals surface area contributed by atoms with Crippen LogP contribution in [0.4, 0.5) is 5.69 Å². The molecular weight excluding hydrogens is 294 g/mol. The molecule has 0 spiro atoms. The molecule has 0 bridgehead atoms. The summed E-state index contributed by atoms with van der Waals surface area (Å²) in [5.41, 5.74) is 0.108. The zero-order valence-corrected chi connectivity index (χ0v) is 13.3. The van der Waals surface area contributed by atoms with Gasteiger partial charge in [0, 0.05) is 24.7 Å². The molecule has 0 aliphatic carbocycles. The molecule has 0 aliphatic rings. The van der Waals surface area contributed by atoms with Gasteiger partial charge >= 0.3 is 0 Å². The lowest BCUT2D eigenvalue weighted by molar-refractivity contribution is -0.384. The SMILES string of the molecule is CC(C)C(CN(C)C)NC(=O)c1ccc([N+](=O)[O-])cc1Cl. The van der Waals surface area contributed by atoms with E-state index in [2.05, 4.69) is 5.32 Å². The van der Waals surface area contributed by atoms with Crippen molar-refractivity contribution in [1.82, 2.24) is 10.2 Å². The van der Waals surface area contributed by atoms with Crippen LogP contribution in [0, 0.1) is 16.0 Å². The Bertz CT molecular complexity index is 532. The quantitative estimate of drug-likeness (QED) is 0.647. The normalized spacial score (nSPS) is 12.5. The second kappa shape index (κ2) is 7.38. The lowest BCUT2D eigenvalue weighted by Crippen LogP contribution is -2.45. The first-order chi connectivity index (χ1) is 9.72. The van der Waals surface area contributed by atoms with Crippen molar-refractivity contribution in [1.29, 1.82) is 0 Å². The molecule has 1 amide bonds. The lowest BCUT2D eigenvalue weighted by Gasteiger charge is -2.25. The van der Waals surface area contributed by atoms with Gasteiger partial charge in [0.1, 0.15) is 0 Å². The molecule has 0 heterocycles. The van der Waals surface area contributed by atoms with Crippen molar-refractivity contribution in [3.8, 4) is 0 Å². The highest BCUT2D eigenvalue weighted by molar-refractivity contribution is 6.34. The predicted octanol–water partition coefficient (Wildman–Crippen LogP) is 2.56. The third-order valence-electron chi connectivity index (χ3n) is 3.09. The van der Waals surface area contributed by atoms with Crippen molar-refractivity contribution in [3.63, 3.8) is 0 Å². The van der Waals surface area contributed by atoms with Gasteiger partial charge in [-0.1, -0.05) is 25.4 Å². The number of likely N-dealkylation sites (N-methyl/N-ethyl adjacent to an activating group) is 1. The van der Waals surface area contributed by atoms with Crippen LogP contribution in [0.2, 0.25) is 5.02 Å². The summed E-state index contributed by atoms with van der Waals surface area (Å²) in [6.45, 7) is 4.74. The largest absolute Gasteiger partial charge is 0.348 e. The highest BCUT2D eigenvalue weighted by Crippen LogP contribution is 2.22. The Balaban J connectivity index is 2.90. The van der Waals surface area contributed by atoms with E-state index in [9.17, 15) is 14.9 Å². The number of hydrogen-bond donors (Lipinski definition) is 1. The van der Waals surface area contributed by atoms with Crippen molar-refractivity contribution < 1.29 is 9.72 Å². The van der Waals surface area contributed by atoms with E-state index in [0.29, 0.717) is 6.54 Å². The van der Waals surface area contributed by atoms with E-state index in [4.69, 9.17) is 11.6 Å². The Kier molecular flexibility index (Phi) is 6.11. The van der Waals surface area contributed by atoms with Crippen LogP contribution in [0.15, 0.2) is 18.2 Å². The summed E-state index contributed by atoms with van der Waals surface area (Å²) in [5, 5.41) is 13.7. The number of amides is 1. The van der Waals surface area contributed by atoms with E-state index in [1.165, 1.54) is 18.2 Å². The van der Waals surface area contributed by atoms with Crippen LogP contribution in [-0.4, -0.2) is 42.4 Å². The number of nitro groups is 1. The highest BCUT2D eigenvalue weighted by atomic mass is 35.5. The number of halogens is 1. The minimum atomic E-state index is -0.545. The van der Waals surface area contributed by atoms with Gasteiger partial charge in [0.2, 0.25) is 0 Å². The van der Waals surface area contributed by atoms with Gasteiger partial charge < -0.3 is 10.2 Å². The summed E-state index contributed by atoms with van der Waals surface area (Å²) in [6.07, 6.45) is 0. The van der Waals surface area contributed by atoms with Crippen LogP contribution in [0.5, 0.6) is 0 Å². The van der Waals surface area contributed by atoms with Crippen LogP contribution in [-0.2, 0) is 0 Å². The molecule has 0 aromatic heterocycles. The molecule has 0 saturated carbocycles. The number of nitro benzene ring substituents is 1. The van der Waals surface area contributed by atoms with Gasteiger partial charge in [-0.2, -0.15) is 0 Å². The number of carbonyl (C=O) groups is 1. The molecule has 7 heteroatoms. The van der Waals surface area contributed by atoms with E-state index < -0.39 is 4.92 Å². The van der Waals surface area contributed by atoms with Crippen LogP contribution < -0.4 is 5.32 Å². The Morgan fingerprint density at radius 1 is 1.43 bits per heavy atom. The average Bonchev–Trinajstić information content (AvgIpc) is 2.36. The number of carbonyl (C=O) groups excluding carboxylic acids is 1. The standard InChI is InChI=1S/C14H20ClN3O3/c1-9(2)13(8-17(3)4)16-14(19)11-6-5-10(18(20)21)7-12(11)15/h5-7,9,13H,8H2,1-4H3,(H,16,19). The molecule has 116 valence electrons. The minimum absolute atomic E-state index is 0.0289. The van der Waals surface area contributed by atoms with Gasteiger partial charge in [-0.3, -0.25) is 14.9 Å². The predicted molar refractivity (Wildman–Crippen MR) is 82.8 cm³/mol. The Labute approximate surface area is 129 Å². The molecule has 1 N–H and O–H groups in total. The first kappa shape index (κ1) is 17.4. The summed E-state index contributed by atoms with van der Waals surface area (Å²) in [5.74, 6) is -0.0661. The van der Waals surface area contributed by atoms with Crippen LogP contribution in [0.3, 0.4) is 0 Å². The van der Waals surface area contributed by atoms with Gasteiger partial charge in [0.25, 0.3) is 11.6 Å². The molecule has 0 aliphatic heterocycles. The number of nitrogens with one attached hydrogen (secondary N) is 1. The summed E-state index contributed by atoms with van der Waals surface area (Å²) in [6, 6.07) is 3.81. The molecule has 1 rings (SSSR count). The molecule has 1 atom stereocenters. The zero-order chi connectivity index (χ0) is 16.2. The maximum atomic E-state index is 12.3. The maximum absolute atomic E-state index is 12.3. The number of benzene rings is 1. The second-order valence-electron chi connectivity index (χ2n) is 5.51. The lowest BCUT2D eigenvalue weighted by atomic mass is 10.0. The zero-order valence-electron chi connectivity index (χ0n) is 12.6. The Morgan fingerprint density at radius 2 is 2.05 bits per heavy atom. The summed E-state index contributed by atoms with van der Waals surface area (Å²) >= 11 is 5.96. The van der Waals surface area contributed by atoms with Gasteiger partial charge in [-0.15, -0.1) is 0 Å². The Hall–Kier alpha value is -1.66. The number of nitrogens with zero attached hydrogens (tertiary/aromatic N) is 2. The molecule has 21 heavy (non-hydrogen) atoms. The van der Waals surface area contributed by atoms with Crippen molar-refractivity contribution in [2.45, 2.75) is 19.9 Å². The molecular formula is C14H20ClN3O3. The van der Waals surface area contributed by atoms with E-state index in [0.717, 1.165) is 0 Å². The van der Waals surface area contributed by atoms with Crippen LogP contribution in [0.25, 0.3) is 0 Å². The van der Waals surface area contributed by atoms with Gasteiger partial charge in [0.15, 0.2) is 0 Å². The smallest absolute Gasteiger partial charge is 0.270 e. The van der Waals surface area contributed by atoms with Crippen LogP contribution in [0.1, 0.15) is 24.2 Å². The summed E-state index contributed by atoms with van der Waals surface area (Å²) in [7, 11) is 3.86. The van der Waals surface area contributed by atoms with E-state index in [1.54, 1.807) is 0 Å². The van der Waals surface area contributed by atoms with Crippen molar-refractivity contribution in [2.24, 2.45) is 5.92 Å². The first-order valence-electron chi connectivity index (χ1n) is 6.62. The van der Waals surface area contributed by atoms with E-state index in [-0.39, 0.29) is 34.1 Å². The fraction of sp³-hybridized carbons (Fsp3) is 0.500. The first-order valence-corrected chi connectivity index (χ1v) is 6.99. The molecule has 6 nitrogen and oxygen atoms in total. The van der Waals surface area contributed by atoms with Gasteiger partial charge in [-0.25, -0.2) is 0 Å². The summed E-state index contributed by atoms with van der Waals surface area (Å²) in [4.78, 5) is 24.4.